The quantitative estimate of drug-likeness (QED) is 0.785. The first-order valence-corrected chi connectivity index (χ1v) is 6.97. The third-order valence-corrected chi connectivity index (χ3v) is 3.76. The second-order valence-corrected chi connectivity index (χ2v) is 5.11. The van der Waals surface area contributed by atoms with Gasteiger partial charge in [-0.1, -0.05) is 24.3 Å². The summed E-state index contributed by atoms with van der Waals surface area (Å²) in [5.74, 6) is 0.585. The molecule has 3 aromatic rings. The lowest BCUT2D eigenvalue weighted by molar-refractivity contribution is 0.892. The summed E-state index contributed by atoms with van der Waals surface area (Å²) in [5.41, 5.74) is 10.9. The molecule has 4 rings (SSSR count). The molecule has 22 heavy (non-hydrogen) atoms. The molecule has 0 saturated heterocycles. The van der Waals surface area contributed by atoms with E-state index in [1.807, 2.05) is 30.3 Å². The molecule has 0 saturated carbocycles. The normalized spacial score (nSPS) is 16.2. The minimum absolute atomic E-state index is 0.0809. The van der Waals surface area contributed by atoms with Crippen LogP contribution in [0.3, 0.4) is 0 Å². The first kappa shape index (κ1) is 12.6. The van der Waals surface area contributed by atoms with E-state index < -0.39 is 0 Å². The van der Waals surface area contributed by atoms with Crippen molar-refractivity contribution in [3.8, 4) is 11.3 Å². The zero-order chi connectivity index (χ0) is 14.9. The molecule has 1 aromatic carbocycles. The van der Waals surface area contributed by atoms with E-state index in [-0.39, 0.29) is 6.04 Å². The molecule has 0 fully saturated rings. The monoisotopic (exact) mass is 287 g/mol. The summed E-state index contributed by atoms with van der Waals surface area (Å²) in [6, 6.07) is 12.0. The topological polar surface area (TPSA) is 77.0 Å². The largest absolute Gasteiger partial charge is 0.383 e. The maximum atomic E-state index is 6.04. The van der Waals surface area contributed by atoms with Crippen molar-refractivity contribution in [2.45, 2.75) is 6.04 Å². The third-order valence-electron chi connectivity index (χ3n) is 3.76. The van der Waals surface area contributed by atoms with E-state index in [9.17, 15) is 0 Å². The van der Waals surface area contributed by atoms with Gasteiger partial charge < -0.3 is 5.73 Å². The van der Waals surface area contributed by atoms with E-state index in [1.54, 1.807) is 18.6 Å². The number of aliphatic imine (C=N–C) groups is 1. The molecule has 3 heterocycles. The number of pyridine rings is 1. The van der Waals surface area contributed by atoms with E-state index >= 15 is 0 Å². The van der Waals surface area contributed by atoms with Gasteiger partial charge in [-0.05, 0) is 23.3 Å². The molecule has 1 atom stereocenters. The van der Waals surface area contributed by atoms with E-state index in [0.717, 1.165) is 27.9 Å². The number of rotatable bonds is 2. The average Bonchev–Trinajstić information content (AvgIpc) is 2.93. The molecule has 0 spiro atoms. The van der Waals surface area contributed by atoms with Crippen LogP contribution in [0, 0.1) is 0 Å². The van der Waals surface area contributed by atoms with Gasteiger partial charge in [0.1, 0.15) is 18.2 Å². The zero-order valence-corrected chi connectivity index (χ0v) is 11.7. The number of amidine groups is 1. The molecule has 0 bridgehead atoms. The Kier molecular flexibility index (Phi) is 2.89. The molecule has 5 nitrogen and oxygen atoms in total. The van der Waals surface area contributed by atoms with Crippen molar-refractivity contribution in [3.05, 3.63) is 78.0 Å². The molecule has 1 unspecified atom stereocenters. The highest BCUT2D eigenvalue weighted by molar-refractivity contribution is 6.01. The molecule has 1 aliphatic heterocycles. The molecule has 1 aliphatic rings. The summed E-state index contributed by atoms with van der Waals surface area (Å²) in [6.45, 7) is 0. The lowest BCUT2D eigenvalue weighted by atomic mass is 9.97. The second-order valence-electron chi connectivity index (χ2n) is 5.11. The van der Waals surface area contributed by atoms with Crippen molar-refractivity contribution >= 4 is 5.84 Å². The number of aromatic nitrogens is 3. The summed E-state index contributed by atoms with van der Waals surface area (Å²) in [4.78, 5) is 17.1. The molecule has 2 aromatic heterocycles. The van der Waals surface area contributed by atoms with Crippen molar-refractivity contribution < 1.29 is 0 Å². The number of nitrogens with two attached hydrogens (primary N) is 1. The number of fused-ring (bicyclic) bond motifs is 1. The highest BCUT2D eigenvalue weighted by Gasteiger charge is 2.24. The van der Waals surface area contributed by atoms with Gasteiger partial charge in [-0.15, -0.1) is 0 Å². The highest BCUT2D eigenvalue weighted by atomic mass is 14.9. The van der Waals surface area contributed by atoms with Crippen LogP contribution in [0.25, 0.3) is 11.3 Å². The Balaban J connectivity index is 1.79. The maximum Gasteiger partial charge on any atom is 0.127 e. The minimum Gasteiger partial charge on any atom is -0.383 e. The molecule has 106 valence electrons. The molecular weight excluding hydrogens is 274 g/mol. The zero-order valence-electron chi connectivity index (χ0n) is 11.7. The van der Waals surface area contributed by atoms with Gasteiger partial charge in [-0.25, -0.2) is 9.97 Å². The van der Waals surface area contributed by atoms with Crippen molar-refractivity contribution in [3.63, 3.8) is 0 Å². The van der Waals surface area contributed by atoms with Crippen LogP contribution in [0.5, 0.6) is 0 Å². The van der Waals surface area contributed by atoms with Crippen molar-refractivity contribution in [1.29, 1.82) is 0 Å². The Bertz CT molecular complexity index is 858. The summed E-state index contributed by atoms with van der Waals surface area (Å²) < 4.78 is 0. The first-order valence-electron chi connectivity index (χ1n) is 6.97. The van der Waals surface area contributed by atoms with Crippen LogP contribution in [0.1, 0.15) is 22.7 Å². The second kappa shape index (κ2) is 5.04. The fraction of sp³-hybridized carbons (Fsp3) is 0.0588. The number of hydrogen-bond donors (Lipinski definition) is 1. The third kappa shape index (κ3) is 2.03. The average molecular weight is 287 g/mol. The fourth-order valence-electron chi connectivity index (χ4n) is 2.71. The van der Waals surface area contributed by atoms with Gasteiger partial charge in [-0.2, -0.15) is 0 Å². The first-order chi connectivity index (χ1) is 10.8. The molecule has 5 heteroatoms. The molecule has 0 amide bonds. The van der Waals surface area contributed by atoms with Crippen molar-refractivity contribution in [2.24, 2.45) is 10.7 Å². The summed E-state index contributed by atoms with van der Waals surface area (Å²) in [5, 5.41) is 0. The van der Waals surface area contributed by atoms with E-state index in [0.29, 0.717) is 5.84 Å². The van der Waals surface area contributed by atoms with Gasteiger partial charge in [0.2, 0.25) is 0 Å². The molecule has 2 N–H and O–H groups in total. The molecular formula is C17H13N5. The fourth-order valence-corrected chi connectivity index (χ4v) is 2.71. The number of hydrogen-bond acceptors (Lipinski definition) is 5. The van der Waals surface area contributed by atoms with Crippen LogP contribution < -0.4 is 5.73 Å². The Morgan fingerprint density at radius 1 is 1.00 bits per heavy atom. The van der Waals surface area contributed by atoms with Gasteiger partial charge in [0.15, 0.2) is 0 Å². The van der Waals surface area contributed by atoms with E-state index in [1.165, 1.54) is 6.33 Å². The lowest BCUT2D eigenvalue weighted by Crippen LogP contribution is -2.09. The maximum absolute atomic E-state index is 6.04. The van der Waals surface area contributed by atoms with Crippen LogP contribution in [0.2, 0.25) is 0 Å². The Hall–Kier alpha value is -3.08. The predicted molar refractivity (Wildman–Crippen MR) is 84.3 cm³/mol. The number of nitrogens with zero attached hydrogens (tertiary/aromatic N) is 4. The van der Waals surface area contributed by atoms with E-state index in [2.05, 4.69) is 26.0 Å². The Labute approximate surface area is 127 Å². The summed E-state index contributed by atoms with van der Waals surface area (Å²) in [7, 11) is 0. The standard InChI is InChI=1S/C17H13N5/c18-17-14-4-2-1-3-13(14)16(22-17)11-5-6-21-15(7-11)12-8-19-10-20-9-12/h1-10,16H,(H2,18,22). The Morgan fingerprint density at radius 2 is 1.82 bits per heavy atom. The Morgan fingerprint density at radius 3 is 2.68 bits per heavy atom. The van der Waals surface area contributed by atoms with Gasteiger partial charge in [0.05, 0.1) is 5.69 Å². The van der Waals surface area contributed by atoms with Crippen molar-refractivity contribution in [2.75, 3.05) is 0 Å². The highest BCUT2D eigenvalue weighted by Crippen LogP contribution is 2.34. The van der Waals surface area contributed by atoms with Crippen LogP contribution in [0.15, 0.2) is 66.3 Å². The van der Waals surface area contributed by atoms with Gasteiger partial charge in [0.25, 0.3) is 0 Å². The van der Waals surface area contributed by atoms with Crippen molar-refractivity contribution in [1.82, 2.24) is 15.0 Å². The van der Waals surface area contributed by atoms with Gasteiger partial charge in [0, 0.05) is 29.7 Å². The summed E-state index contributed by atoms with van der Waals surface area (Å²) in [6.07, 6.45) is 6.79. The van der Waals surface area contributed by atoms with Gasteiger partial charge in [-0.3, -0.25) is 9.98 Å². The molecule has 0 aliphatic carbocycles. The van der Waals surface area contributed by atoms with Crippen LogP contribution >= 0.6 is 0 Å². The molecule has 0 radical (unpaired) electrons. The lowest BCUT2D eigenvalue weighted by Gasteiger charge is -2.11. The van der Waals surface area contributed by atoms with Crippen LogP contribution in [0.4, 0.5) is 0 Å². The predicted octanol–water partition coefficient (Wildman–Crippen LogP) is 2.35. The number of benzene rings is 1. The smallest absolute Gasteiger partial charge is 0.127 e. The van der Waals surface area contributed by atoms with Gasteiger partial charge >= 0.3 is 0 Å². The van der Waals surface area contributed by atoms with Crippen LogP contribution in [-0.4, -0.2) is 20.8 Å². The summed E-state index contributed by atoms with van der Waals surface area (Å²) >= 11 is 0. The SMILES string of the molecule is NC1=NC(c2ccnc(-c3cncnc3)c2)c2ccccc21. The minimum atomic E-state index is -0.0809. The van der Waals surface area contributed by atoms with E-state index in [4.69, 9.17) is 5.73 Å². The van der Waals surface area contributed by atoms with Crippen LogP contribution in [-0.2, 0) is 0 Å².